The molecular weight excluding hydrogens is 252 g/mol. The van der Waals surface area contributed by atoms with E-state index in [0.29, 0.717) is 12.4 Å². The number of hydrogen-bond acceptors (Lipinski definition) is 3. The monoisotopic (exact) mass is 272 g/mol. The lowest BCUT2D eigenvalue weighted by Gasteiger charge is -2.28. The van der Waals surface area contributed by atoms with Crippen molar-refractivity contribution in [3.63, 3.8) is 0 Å². The van der Waals surface area contributed by atoms with Crippen molar-refractivity contribution in [3.8, 4) is 0 Å². The molecule has 1 saturated heterocycles. The Hall–Kier alpha value is -2.17. The van der Waals surface area contributed by atoms with E-state index in [-0.39, 0.29) is 22.7 Å². The van der Waals surface area contributed by atoms with Crippen molar-refractivity contribution in [2.75, 3.05) is 11.6 Å². The number of nitrogens with zero attached hydrogens (tertiary/aromatic N) is 3. The number of carbonyl (C=O) groups is 1. The molecule has 2 rings (SSSR count). The van der Waals surface area contributed by atoms with Crippen molar-refractivity contribution in [2.24, 2.45) is 0 Å². The van der Waals surface area contributed by atoms with Crippen LogP contribution in [0.5, 0.6) is 0 Å². The van der Waals surface area contributed by atoms with Crippen LogP contribution in [0.2, 0.25) is 0 Å². The Morgan fingerprint density at radius 2 is 2.00 bits per heavy atom. The molecule has 0 aromatic carbocycles. The molecule has 1 aliphatic rings. The van der Waals surface area contributed by atoms with Gasteiger partial charge in [-0.1, -0.05) is 33.4 Å². The third kappa shape index (κ3) is 2.19. The SMILES string of the molecule is C=C1C(=N)N(c2cccc(C(C)(C)C)n2)N(CC)C1=O. The Bertz CT molecular complexity index is 586. The molecule has 0 unspecified atom stereocenters. The van der Waals surface area contributed by atoms with Crippen LogP contribution in [-0.2, 0) is 10.2 Å². The Morgan fingerprint density at radius 1 is 1.35 bits per heavy atom. The van der Waals surface area contributed by atoms with Gasteiger partial charge in [0, 0.05) is 17.7 Å². The van der Waals surface area contributed by atoms with Crippen LogP contribution in [0, 0.1) is 5.41 Å². The molecule has 5 nitrogen and oxygen atoms in total. The number of anilines is 1. The highest BCUT2D eigenvalue weighted by Gasteiger charge is 2.37. The predicted octanol–water partition coefficient (Wildman–Crippen LogP) is 2.50. The van der Waals surface area contributed by atoms with Crippen LogP contribution in [0.3, 0.4) is 0 Å². The number of pyridine rings is 1. The van der Waals surface area contributed by atoms with E-state index in [4.69, 9.17) is 5.41 Å². The molecule has 0 atom stereocenters. The first kappa shape index (κ1) is 14.2. The van der Waals surface area contributed by atoms with Crippen LogP contribution in [-0.4, -0.2) is 28.3 Å². The van der Waals surface area contributed by atoms with Gasteiger partial charge >= 0.3 is 0 Å². The van der Waals surface area contributed by atoms with Crippen LogP contribution in [0.4, 0.5) is 5.82 Å². The van der Waals surface area contributed by atoms with Gasteiger partial charge in [0.05, 0.1) is 5.57 Å². The average Bonchev–Trinajstić information content (AvgIpc) is 2.62. The van der Waals surface area contributed by atoms with Gasteiger partial charge in [-0.2, -0.15) is 0 Å². The van der Waals surface area contributed by atoms with Gasteiger partial charge in [0.2, 0.25) is 0 Å². The number of nitrogens with one attached hydrogen (secondary N) is 1. The van der Waals surface area contributed by atoms with Gasteiger partial charge < -0.3 is 0 Å². The Morgan fingerprint density at radius 3 is 2.55 bits per heavy atom. The minimum Gasteiger partial charge on any atom is -0.282 e. The largest absolute Gasteiger partial charge is 0.282 e. The van der Waals surface area contributed by atoms with Crippen molar-refractivity contribution in [1.29, 1.82) is 5.41 Å². The van der Waals surface area contributed by atoms with Crippen LogP contribution in [0.15, 0.2) is 30.4 Å². The summed E-state index contributed by atoms with van der Waals surface area (Å²) in [4.78, 5) is 16.6. The smallest absolute Gasteiger partial charge is 0.275 e. The number of amides is 1. The van der Waals surface area contributed by atoms with E-state index >= 15 is 0 Å². The summed E-state index contributed by atoms with van der Waals surface area (Å²) in [5.74, 6) is 0.437. The normalized spacial score (nSPS) is 16.3. The molecule has 2 heterocycles. The van der Waals surface area contributed by atoms with Crippen molar-refractivity contribution >= 4 is 17.6 Å². The summed E-state index contributed by atoms with van der Waals surface area (Å²) in [6, 6.07) is 5.66. The van der Waals surface area contributed by atoms with E-state index in [0.717, 1.165) is 5.69 Å². The molecule has 1 fully saturated rings. The number of carbonyl (C=O) groups excluding carboxylic acids is 1. The van der Waals surface area contributed by atoms with Crippen LogP contribution in [0.1, 0.15) is 33.4 Å². The highest BCUT2D eigenvalue weighted by atomic mass is 16.2. The molecule has 0 radical (unpaired) electrons. The van der Waals surface area contributed by atoms with Gasteiger partial charge in [0.25, 0.3) is 5.91 Å². The van der Waals surface area contributed by atoms with Crippen LogP contribution >= 0.6 is 0 Å². The Kier molecular flexibility index (Phi) is 3.38. The fourth-order valence-corrected chi connectivity index (χ4v) is 2.08. The number of rotatable bonds is 2. The fraction of sp³-hybridized carbons (Fsp3) is 0.400. The summed E-state index contributed by atoms with van der Waals surface area (Å²) in [7, 11) is 0. The lowest BCUT2D eigenvalue weighted by molar-refractivity contribution is -0.125. The standard InChI is InChI=1S/C15H20N4O/c1-6-18-14(20)10(2)13(16)19(18)12-9-7-8-11(17-12)15(3,4)5/h7-9,16H,2,6H2,1,3-5H3. The lowest BCUT2D eigenvalue weighted by Crippen LogP contribution is -2.41. The second kappa shape index (κ2) is 4.74. The molecule has 106 valence electrons. The number of hydrazine groups is 1. The molecule has 0 spiro atoms. The molecule has 0 saturated carbocycles. The molecule has 1 aliphatic heterocycles. The molecule has 5 heteroatoms. The quantitative estimate of drug-likeness (QED) is 0.841. The van der Waals surface area contributed by atoms with Gasteiger partial charge in [-0.05, 0) is 19.1 Å². The van der Waals surface area contributed by atoms with Crippen molar-refractivity contribution in [3.05, 3.63) is 36.0 Å². The number of hydrogen-bond donors (Lipinski definition) is 1. The van der Waals surface area contributed by atoms with Crippen molar-refractivity contribution in [2.45, 2.75) is 33.1 Å². The Balaban J connectivity index is 2.48. The topological polar surface area (TPSA) is 60.3 Å². The summed E-state index contributed by atoms with van der Waals surface area (Å²) >= 11 is 0. The molecule has 0 bridgehead atoms. The zero-order valence-corrected chi connectivity index (χ0v) is 12.4. The number of aromatic nitrogens is 1. The van der Waals surface area contributed by atoms with Crippen LogP contribution in [0.25, 0.3) is 0 Å². The fourth-order valence-electron chi connectivity index (χ4n) is 2.08. The summed E-state index contributed by atoms with van der Waals surface area (Å²) < 4.78 is 0. The van der Waals surface area contributed by atoms with E-state index in [2.05, 4.69) is 32.3 Å². The highest BCUT2D eigenvalue weighted by molar-refractivity contribution is 6.29. The lowest BCUT2D eigenvalue weighted by atomic mass is 9.92. The maximum absolute atomic E-state index is 12.0. The minimum atomic E-state index is -0.236. The van der Waals surface area contributed by atoms with E-state index in [9.17, 15) is 4.79 Å². The first-order valence-corrected chi connectivity index (χ1v) is 6.64. The molecule has 1 amide bonds. The second-order valence-electron chi connectivity index (χ2n) is 5.79. The maximum atomic E-state index is 12.0. The zero-order chi connectivity index (χ0) is 15.1. The van der Waals surface area contributed by atoms with Gasteiger partial charge in [-0.25, -0.2) is 15.0 Å². The molecule has 1 aromatic heterocycles. The summed E-state index contributed by atoms with van der Waals surface area (Å²) in [5, 5.41) is 11.1. The predicted molar refractivity (Wildman–Crippen MR) is 79.7 cm³/mol. The van der Waals surface area contributed by atoms with Gasteiger partial charge in [-0.15, -0.1) is 0 Å². The van der Waals surface area contributed by atoms with Crippen molar-refractivity contribution < 1.29 is 4.79 Å². The number of amidine groups is 1. The Labute approximate surface area is 119 Å². The van der Waals surface area contributed by atoms with Gasteiger partial charge in [0.15, 0.2) is 11.7 Å². The van der Waals surface area contributed by atoms with E-state index in [1.54, 1.807) is 6.07 Å². The minimum absolute atomic E-state index is 0.0873. The first-order chi connectivity index (χ1) is 9.27. The van der Waals surface area contributed by atoms with E-state index < -0.39 is 0 Å². The summed E-state index contributed by atoms with van der Waals surface area (Å²) in [6.45, 7) is 12.3. The van der Waals surface area contributed by atoms with Gasteiger partial charge in [-0.3, -0.25) is 10.2 Å². The first-order valence-electron chi connectivity index (χ1n) is 6.64. The summed E-state index contributed by atoms with van der Waals surface area (Å²) in [6.07, 6.45) is 0. The van der Waals surface area contributed by atoms with Crippen LogP contribution < -0.4 is 5.01 Å². The average molecular weight is 272 g/mol. The van der Waals surface area contributed by atoms with E-state index in [1.165, 1.54) is 10.0 Å². The second-order valence-corrected chi connectivity index (χ2v) is 5.79. The van der Waals surface area contributed by atoms with E-state index in [1.807, 2.05) is 19.1 Å². The van der Waals surface area contributed by atoms with Crippen molar-refractivity contribution in [1.82, 2.24) is 9.99 Å². The molecule has 20 heavy (non-hydrogen) atoms. The highest BCUT2D eigenvalue weighted by Crippen LogP contribution is 2.27. The molecule has 1 N–H and O–H groups in total. The number of likely N-dealkylation sites (N-methyl/N-ethyl adjacent to an activating group) is 1. The zero-order valence-electron chi connectivity index (χ0n) is 12.4. The third-order valence-corrected chi connectivity index (χ3v) is 3.25. The molecule has 0 aliphatic carbocycles. The molecular formula is C15H20N4O. The summed E-state index contributed by atoms with van der Waals surface area (Å²) in [5.41, 5.74) is 1.04. The van der Waals surface area contributed by atoms with Gasteiger partial charge in [0.1, 0.15) is 0 Å². The molecule has 1 aromatic rings. The third-order valence-electron chi connectivity index (χ3n) is 3.25. The maximum Gasteiger partial charge on any atom is 0.275 e.